The highest BCUT2D eigenvalue weighted by Gasteiger charge is 2.11. The third-order valence-electron chi connectivity index (χ3n) is 4.43. The normalized spacial score (nSPS) is 10.7. The molecule has 0 aliphatic carbocycles. The number of nitrogens with zero attached hydrogens (tertiary/aromatic N) is 1. The van der Waals surface area contributed by atoms with E-state index in [1.165, 1.54) is 12.1 Å². The smallest absolute Gasteiger partial charge is 0.153 e. The van der Waals surface area contributed by atoms with E-state index in [2.05, 4.69) is 4.99 Å². The second-order valence-corrected chi connectivity index (χ2v) is 6.85. The standard InChI is InChI=1S/C13H8FNO.C7H4F2O.C6H7NO/c14-10-6-5-9-8-15-11-3-1-2-4-12(11)16-13(9)7-10;8-6-2-1-5(4-10)7(9)3-6;7-5-3-1-2-4-6(5)8/h1-8H;1-4H;1-4,8H,7H2. The van der Waals surface area contributed by atoms with E-state index in [-0.39, 0.29) is 17.1 Å². The maximum atomic E-state index is 13.1. The third-order valence-corrected chi connectivity index (χ3v) is 4.43. The number of halogens is 3. The van der Waals surface area contributed by atoms with Crippen molar-refractivity contribution in [3.8, 4) is 17.2 Å². The van der Waals surface area contributed by atoms with Crippen LogP contribution in [0.25, 0.3) is 0 Å². The SMILES string of the molecule is Fc1ccc2c(c1)Oc1ccccc1N=C2.Nc1ccccc1O.O=Cc1ccc(F)cc1F. The average molecular weight is 464 g/mol. The maximum absolute atomic E-state index is 13.1. The molecule has 5 nitrogen and oxygen atoms in total. The number of aldehydes is 1. The van der Waals surface area contributed by atoms with Crippen LogP contribution in [-0.2, 0) is 0 Å². The molecule has 3 N–H and O–H groups in total. The number of phenols is 1. The van der Waals surface area contributed by atoms with E-state index in [1.807, 2.05) is 24.3 Å². The van der Waals surface area contributed by atoms with Crippen LogP contribution in [0.1, 0.15) is 15.9 Å². The molecule has 0 spiro atoms. The summed E-state index contributed by atoms with van der Waals surface area (Å²) < 4.78 is 43.2. The number of aromatic hydroxyl groups is 1. The van der Waals surface area contributed by atoms with Gasteiger partial charge in [-0.15, -0.1) is 0 Å². The predicted molar refractivity (Wildman–Crippen MR) is 124 cm³/mol. The van der Waals surface area contributed by atoms with Crippen molar-refractivity contribution in [1.82, 2.24) is 0 Å². The van der Waals surface area contributed by atoms with Gasteiger partial charge in [0.25, 0.3) is 0 Å². The minimum atomic E-state index is -0.824. The van der Waals surface area contributed by atoms with Crippen LogP contribution in [0.3, 0.4) is 0 Å². The van der Waals surface area contributed by atoms with Gasteiger partial charge < -0.3 is 15.6 Å². The summed E-state index contributed by atoms with van der Waals surface area (Å²) in [6.07, 6.45) is 2.02. The van der Waals surface area contributed by atoms with Crippen molar-refractivity contribution in [2.24, 2.45) is 4.99 Å². The van der Waals surface area contributed by atoms with E-state index in [0.29, 0.717) is 29.5 Å². The molecule has 4 aromatic rings. The number of fused-ring (bicyclic) bond motifs is 2. The Morgan fingerprint density at radius 1 is 0.824 bits per heavy atom. The lowest BCUT2D eigenvalue weighted by Crippen LogP contribution is -1.89. The minimum Gasteiger partial charge on any atom is -0.506 e. The molecule has 172 valence electrons. The summed E-state index contributed by atoms with van der Waals surface area (Å²) in [7, 11) is 0. The molecule has 0 aromatic heterocycles. The number of anilines is 1. The summed E-state index contributed by atoms with van der Waals surface area (Å²) in [5.74, 6) is -0.533. The average Bonchev–Trinajstić information content (AvgIpc) is 3.01. The highest BCUT2D eigenvalue weighted by molar-refractivity contribution is 5.87. The quantitative estimate of drug-likeness (QED) is 0.170. The van der Waals surface area contributed by atoms with Gasteiger partial charge in [-0.2, -0.15) is 0 Å². The van der Waals surface area contributed by atoms with Crippen molar-refractivity contribution in [2.45, 2.75) is 0 Å². The van der Waals surface area contributed by atoms with E-state index in [1.54, 1.807) is 36.5 Å². The first-order valence-electron chi connectivity index (χ1n) is 9.91. The molecule has 0 saturated heterocycles. The van der Waals surface area contributed by atoms with Gasteiger partial charge in [0.05, 0.1) is 11.3 Å². The van der Waals surface area contributed by atoms with E-state index in [9.17, 15) is 18.0 Å². The van der Waals surface area contributed by atoms with Crippen molar-refractivity contribution >= 4 is 23.9 Å². The van der Waals surface area contributed by atoms with Gasteiger partial charge in [0, 0.05) is 23.9 Å². The molecule has 0 unspecified atom stereocenters. The van der Waals surface area contributed by atoms with Crippen molar-refractivity contribution < 1.29 is 27.8 Å². The van der Waals surface area contributed by atoms with Crippen LogP contribution < -0.4 is 10.5 Å². The molecule has 0 bridgehead atoms. The van der Waals surface area contributed by atoms with E-state index < -0.39 is 11.6 Å². The van der Waals surface area contributed by atoms with Crippen LogP contribution in [0.5, 0.6) is 17.2 Å². The first-order valence-corrected chi connectivity index (χ1v) is 9.91. The van der Waals surface area contributed by atoms with Crippen molar-refractivity contribution in [2.75, 3.05) is 5.73 Å². The Hall–Kier alpha value is -4.59. The fourth-order valence-corrected chi connectivity index (χ4v) is 2.70. The van der Waals surface area contributed by atoms with Gasteiger partial charge in [-0.3, -0.25) is 9.79 Å². The van der Waals surface area contributed by atoms with Crippen LogP contribution in [0.4, 0.5) is 24.5 Å². The second kappa shape index (κ2) is 11.3. The molecule has 0 amide bonds. The number of carbonyl (C=O) groups is 1. The van der Waals surface area contributed by atoms with E-state index >= 15 is 0 Å². The topological polar surface area (TPSA) is 84.9 Å². The van der Waals surface area contributed by atoms with Crippen LogP contribution in [0.15, 0.2) is 89.9 Å². The lowest BCUT2D eigenvalue weighted by molar-refractivity contribution is 0.111. The lowest BCUT2D eigenvalue weighted by atomic mass is 10.2. The number of carbonyl (C=O) groups excluding carboxylic acids is 1. The largest absolute Gasteiger partial charge is 0.506 e. The van der Waals surface area contributed by atoms with Crippen LogP contribution in [0.2, 0.25) is 0 Å². The minimum absolute atomic E-state index is 0.124. The monoisotopic (exact) mass is 464 g/mol. The second-order valence-electron chi connectivity index (χ2n) is 6.85. The predicted octanol–water partition coefficient (Wildman–Crippen LogP) is 6.43. The number of aliphatic imine (C=N–C) groups is 1. The molecule has 1 heterocycles. The fourth-order valence-electron chi connectivity index (χ4n) is 2.70. The van der Waals surface area contributed by atoms with Crippen molar-refractivity contribution in [3.63, 3.8) is 0 Å². The first-order chi connectivity index (χ1) is 16.4. The van der Waals surface area contributed by atoms with Gasteiger partial charge in [-0.05, 0) is 48.5 Å². The van der Waals surface area contributed by atoms with E-state index in [0.717, 1.165) is 23.4 Å². The van der Waals surface area contributed by atoms with Crippen LogP contribution in [-0.4, -0.2) is 17.6 Å². The molecule has 1 aliphatic heterocycles. The number of ether oxygens (including phenoxy) is 1. The number of hydrogen-bond acceptors (Lipinski definition) is 5. The zero-order chi connectivity index (χ0) is 24.5. The van der Waals surface area contributed by atoms with Gasteiger partial charge in [0.2, 0.25) is 0 Å². The fraction of sp³-hybridized carbons (Fsp3) is 0. The molecule has 0 radical (unpaired) electrons. The highest BCUT2D eigenvalue weighted by atomic mass is 19.1. The number of para-hydroxylation sites is 4. The third kappa shape index (κ3) is 6.46. The maximum Gasteiger partial charge on any atom is 0.153 e. The van der Waals surface area contributed by atoms with Crippen molar-refractivity contribution in [3.05, 3.63) is 114 Å². The molecule has 5 rings (SSSR count). The van der Waals surface area contributed by atoms with Gasteiger partial charge in [-0.1, -0.05) is 24.3 Å². The zero-order valence-corrected chi connectivity index (χ0v) is 17.7. The Bertz CT molecular complexity index is 1310. The van der Waals surface area contributed by atoms with Crippen molar-refractivity contribution in [1.29, 1.82) is 0 Å². The summed E-state index contributed by atoms with van der Waals surface area (Å²) in [5.41, 5.74) is 7.09. The van der Waals surface area contributed by atoms with Crippen LogP contribution >= 0.6 is 0 Å². The molecular formula is C26H19F3N2O3. The number of hydrogen-bond donors (Lipinski definition) is 2. The Labute approximate surface area is 193 Å². The highest BCUT2D eigenvalue weighted by Crippen LogP contribution is 2.35. The molecule has 0 atom stereocenters. The zero-order valence-electron chi connectivity index (χ0n) is 17.7. The summed E-state index contributed by atoms with van der Waals surface area (Å²) in [5, 5.41) is 8.79. The Kier molecular flexibility index (Phi) is 8.02. The van der Waals surface area contributed by atoms with Gasteiger partial charge in [0.15, 0.2) is 12.0 Å². The molecule has 1 aliphatic rings. The summed E-state index contributed by atoms with van der Waals surface area (Å²) in [6, 6.07) is 21.3. The number of nitrogens with two attached hydrogens (primary N) is 1. The summed E-state index contributed by atoms with van der Waals surface area (Å²) >= 11 is 0. The summed E-state index contributed by atoms with van der Waals surface area (Å²) in [4.78, 5) is 14.3. The molecule has 34 heavy (non-hydrogen) atoms. The number of benzene rings is 4. The molecule has 0 saturated carbocycles. The van der Waals surface area contributed by atoms with Gasteiger partial charge >= 0.3 is 0 Å². The summed E-state index contributed by atoms with van der Waals surface area (Å²) in [6.45, 7) is 0. The lowest BCUT2D eigenvalue weighted by Gasteiger charge is -2.07. The molecule has 4 aromatic carbocycles. The number of rotatable bonds is 1. The van der Waals surface area contributed by atoms with Crippen LogP contribution in [0, 0.1) is 17.5 Å². The Morgan fingerprint density at radius 2 is 1.50 bits per heavy atom. The Balaban J connectivity index is 0.000000155. The van der Waals surface area contributed by atoms with Gasteiger partial charge in [-0.25, -0.2) is 13.2 Å². The molecule has 0 fully saturated rings. The first kappa shape index (κ1) is 24.1. The van der Waals surface area contributed by atoms with E-state index in [4.69, 9.17) is 15.6 Å². The number of nitrogen functional groups attached to an aromatic ring is 1. The number of phenolic OH excluding ortho intramolecular Hbond substituents is 1. The Morgan fingerprint density at radius 3 is 2.18 bits per heavy atom. The molecule has 8 heteroatoms. The van der Waals surface area contributed by atoms with Gasteiger partial charge in [0.1, 0.15) is 34.6 Å². The molecular weight excluding hydrogens is 445 g/mol.